The highest BCUT2D eigenvalue weighted by Gasteiger charge is 2.53. The lowest BCUT2D eigenvalue weighted by molar-refractivity contribution is -0.151. The van der Waals surface area contributed by atoms with Crippen LogP contribution in [0.4, 0.5) is 0 Å². The molecule has 170 valence electrons. The summed E-state index contributed by atoms with van der Waals surface area (Å²) in [6, 6.07) is 0.710. The van der Waals surface area contributed by atoms with Crippen molar-refractivity contribution < 1.29 is 22.8 Å². The number of carbonyl (C=O) groups excluding carboxylic acids is 1. The van der Waals surface area contributed by atoms with Crippen LogP contribution in [-0.4, -0.2) is 72.7 Å². The van der Waals surface area contributed by atoms with Crippen LogP contribution in [0.2, 0.25) is 0 Å². The summed E-state index contributed by atoms with van der Waals surface area (Å²) in [6.07, 6.45) is 0.216. The van der Waals surface area contributed by atoms with Crippen LogP contribution in [0.3, 0.4) is 0 Å². The zero-order chi connectivity index (χ0) is 21.7. The molecule has 3 fully saturated rings. The highest BCUT2D eigenvalue weighted by atomic mass is 32.2. The standard InChI is InChI=1S/C19H32N4O5S2/c1-12(2)9-25-14(4)21-18(24)15-6-7-29-27-19(15)20-13(3)11-30-28-23-16-8-22(5)26-10-17(16)23/h12,15-17,19-20H,3-4,6-11H2,1-2,5H3,(H,21,24). The van der Waals surface area contributed by atoms with Gasteiger partial charge in [0, 0.05) is 37.1 Å². The lowest BCUT2D eigenvalue weighted by Gasteiger charge is -2.31. The van der Waals surface area contributed by atoms with Crippen LogP contribution in [0.1, 0.15) is 20.3 Å². The van der Waals surface area contributed by atoms with Crippen LogP contribution in [0.5, 0.6) is 0 Å². The van der Waals surface area contributed by atoms with E-state index in [-0.39, 0.29) is 17.7 Å². The quantitative estimate of drug-likeness (QED) is 0.271. The number of hydrogen-bond acceptors (Lipinski definition) is 10. The number of rotatable bonds is 11. The third-order valence-electron chi connectivity index (χ3n) is 4.88. The highest BCUT2D eigenvalue weighted by molar-refractivity contribution is 7.94. The summed E-state index contributed by atoms with van der Waals surface area (Å²) in [5.41, 5.74) is 0.735. The van der Waals surface area contributed by atoms with Crippen molar-refractivity contribution in [3.63, 3.8) is 0 Å². The Labute approximate surface area is 187 Å². The van der Waals surface area contributed by atoms with Gasteiger partial charge in [0.1, 0.15) is 0 Å². The van der Waals surface area contributed by atoms with E-state index in [1.165, 1.54) is 24.1 Å². The van der Waals surface area contributed by atoms with Crippen molar-refractivity contribution in [3.8, 4) is 0 Å². The second-order valence-electron chi connectivity index (χ2n) is 8.04. The minimum absolute atomic E-state index is 0.171. The molecule has 1 amide bonds. The Hall–Kier alpha value is -0.950. The zero-order valence-electron chi connectivity index (χ0n) is 17.8. The van der Waals surface area contributed by atoms with Crippen molar-refractivity contribution in [2.45, 2.75) is 38.6 Å². The van der Waals surface area contributed by atoms with Crippen LogP contribution in [0.25, 0.3) is 0 Å². The summed E-state index contributed by atoms with van der Waals surface area (Å²) >= 11 is 2.66. The predicted molar refractivity (Wildman–Crippen MR) is 117 cm³/mol. The number of nitrogens with zero attached hydrogens (tertiary/aromatic N) is 2. The molecule has 0 spiro atoms. The molecular formula is C19H32N4O5S2. The summed E-state index contributed by atoms with van der Waals surface area (Å²) in [5, 5.41) is 9.74. The van der Waals surface area contributed by atoms with Crippen LogP contribution in [0.15, 0.2) is 24.7 Å². The molecule has 3 heterocycles. The van der Waals surface area contributed by atoms with Crippen molar-refractivity contribution in [1.29, 1.82) is 0 Å². The van der Waals surface area contributed by atoms with E-state index in [4.69, 9.17) is 18.0 Å². The number of nitrogens with one attached hydrogen (secondary N) is 2. The van der Waals surface area contributed by atoms with Gasteiger partial charge in [-0.25, -0.2) is 4.28 Å². The fraction of sp³-hybridized carbons (Fsp3) is 0.737. The van der Waals surface area contributed by atoms with Gasteiger partial charge in [-0.2, -0.15) is 10.1 Å². The molecule has 11 heteroatoms. The van der Waals surface area contributed by atoms with E-state index in [0.717, 1.165) is 18.0 Å². The van der Waals surface area contributed by atoms with Crippen molar-refractivity contribution in [3.05, 3.63) is 24.7 Å². The van der Waals surface area contributed by atoms with E-state index in [9.17, 15) is 4.79 Å². The molecule has 3 aliphatic heterocycles. The molecule has 9 nitrogen and oxygen atoms in total. The van der Waals surface area contributed by atoms with Gasteiger partial charge in [-0.15, -0.1) is 0 Å². The zero-order valence-corrected chi connectivity index (χ0v) is 19.4. The molecule has 0 aromatic rings. The Kier molecular flexibility index (Phi) is 8.75. The monoisotopic (exact) mass is 460 g/mol. The predicted octanol–water partition coefficient (Wildman–Crippen LogP) is 1.87. The molecular weight excluding hydrogens is 428 g/mol. The molecule has 30 heavy (non-hydrogen) atoms. The fourth-order valence-electron chi connectivity index (χ4n) is 3.17. The Morgan fingerprint density at radius 1 is 1.37 bits per heavy atom. The van der Waals surface area contributed by atoms with Crippen LogP contribution >= 0.6 is 24.1 Å². The van der Waals surface area contributed by atoms with Crippen LogP contribution in [-0.2, 0) is 22.8 Å². The molecule has 0 saturated carbocycles. The summed E-state index contributed by atoms with van der Waals surface area (Å²) < 4.78 is 17.0. The molecule has 2 N–H and O–H groups in total. The van der Waals surface area contributed by atoms with Crippen LogP contribution in [0, 0.1) is 11.8 Å². The van der Waals surface area contributed by atoms with E-state index >= 15 is 0 Å². The molecule has 0 bridgehead atoms. The van der Waals surface area contributed by atoms with E-state index < -0.39 is 6.23 Å². The van der Waals surface area contributed by atoms with Gasteiger partial charge >= 0.3 is 0 Å². The Bertz CT molecular complexity index is 638. The maximum absolute atomic E-state index is 12.7. The Balaban J connectivity index is 1.38. The maximum Gasteiger partial charge on any atom is 0.234 e. The van der Waals surface area contributed by atoms with E-state index in [0.29, 0.717) is 43.4 Å². The SMILES string of the molecule is C=C(CSON1C2CON(C)CC21)NC1OSCCC1C(=O)NC(=C)OCC(C)C. The lowest BCUT2D eigenvalue weighted by Crippen LogP contribution is -2.47. The number of amides is 1. The van der Waals surface area contributed by atoms with Gasteiger partial charge in [0.25, 0.3) is 0 Å². The third-order valence-corrected chi connectivity index (χ3v) is 6.37. The normalized spacial score (nSPS) is 31.0. The first-order valence-electron chi connectivity index (χ1n) is 10.1. The number of carbonyl (C=O) groups is 1. The van der Waals surface area contributed by atoms with Gasteiger partial charge < -0.3 is 10.1 Å². The molecule has 5 atom stereocenters. The Morgan fingerprint density at radius 3 is 2.90 bits per heavy atom. The minimum atomic E-state index is -0.472. The largest absolute Gasteiger partial charge is 0.479 e. The van der Waals surface area contributed by atoms with Gasteiger partial charge in [-0.1, -0.05) is 20.4 Å². The molecule has 3 aliphatic rings. The molecule has 0 radical (unpaired) electrons. The van der Waals surface area contributed by atoms with E-state index in [1.807, 2.05) is 31.0 Å². The van der Waals surface area contributed by atoms with Gasteiger partial charge in [0.15, 0.2) is 12.1 Å². The number of hydrogen-bond donors (Lipinski definition) is 2. The average molecular weight is 461 g/mol. The lowest BCUT2D eigenvalue weighted by atomic mass is 10.0. The maximum atomic E-state index is 12.7. The summed E-state index contributed by atoms with van der Waals surface area (Å²) in [5.74, 6) is 1.37. The third kappa shape index (κ3) is 6.78. The molecule has 3 saturated heterocycles. The molecule has 3 rings (SSSR count). The highest BCUT2D eigenvalue weighted by Crippen LogP contribution is 2.35. The number of hydroxylamine groups is 4. The molecule has 5 unspecified atom stereocenters. The van der Waals surface area contributed by atoms with Crippen LogP contribution < -0.4 is 10.6 Å². The summed E-state index contributed by atoms with van der Waals surface area (Å²) in [6.45, 7) is 13.9. The molecule has 0 aliphatic carbocycles. The van der Waals surface area contributed by atoms with Gasteiger partial charge in [-0.3, -0.25) is 19.1 Å². The first kappa shape index (κ1) is 23.7. The van der Waals surface area contributed by atoms with E-state index in [1.54, 1.807) is 0 Å². The van der Waals surface area contributed by atoms with Crippen molar-refractivity contribution in [2.75, 3.05) is 38.3 Å². The Morgan fingerprint density at radius 2 is 2.17 bits per heavy atom. The van der Waals surface area contributed by atoms with Crippen molar-refractivity contribution in [1.82, 2.24) is 20.8 Å². The number of likely N-dealkylation sites (N-methyl/N-ethyl adjacent to an activating group) is 1. The average Bonchev–Trinajstić information content (AvgIpc) is 3.38. The second kappa shape index (κ2) is 11.1. The summed E-state index contributed by atoms with van der Waals surface area (Å²) in [4.78, 5) is 18.1. The summed E-state index contributed by atoms with van der Waals surface area (Å²) in [7, 11) is 1.92. The fourth-order valence-corrected chi connectivity index (χ4v) is 4.57. The van der Waals surface area contributed by atoms with E-state index in [2.05, 4.69) is 23.8 Å². The smallest absolute Gasteiger partial charge is 0.234 e. The first-order chi connectivity index (χ1) is 14.3. The van der Waals surface area contributed by atoms with Gasteiger partial charge in [-0.05, 0) is 31.0 Å². The minimum Gasteiger partial charge on any atom is -0.479 e. The molecule has 0 aromatic carbocycles. The van der Waals surface area contributed by atoms with Gasteiger partial charge in [0.2, 0.25) is 5.91 Å². The topological polar surface area (TPSA) is 84.3 Å². The molecule has 0 aromatic heterocycles. The number of fused-ring (bicyclic) bond motifs is 1. The number of ether oxygens (including phenoxy) is 1. The van der Waals surface area contributed by atoms with Crippen molar-refractivity contribution in [2.24, 2.45) is 11.8 Å². The second-order valence-corrected chi connectivity index (χ2v) is 9.55. The van der Waals surface area contributed by atoms with Crippen molar-refractivity contribution >= 4 is 30.0 Å². The van der Waals surface area contributed by atoms with Gasteiger partial charge in [0.05, 0.1) is 37.0 Å². The first-order valence-corrected chi connectivity index (χ1v) is 11.9.